The number of carbonyl (C=O) groups excluding carboxylic acids is 1. The molecule has 0 radical (unpaired) electrons. The largest absolute Gasteiger partial charge is 0.468 e. The third-order valence-electron chi connectivity index (χ3n) is 4.32. The third-order valence-corrected chi connectivity index (χ3v) is 5.85. The van der Waals surface area contributed by atoms with Crippen molar-refractivity contribution in [3.63, 3.8) is 0 Å². The lowest BCUT2D eigenvalue weighted by Gasteiger charge is -2.18. The Bertz CT molecular complexity index is 1160. The first-order chi connectivity index (χ1) is 13.4. The Morgan fingerprint density at radius 3 is 2.57 bits per heavy atom. The molecule has 1 N–H and O–H groups in total. The molecule has 0 aliphatic heterocycles. The van der Waals surface area contributed by atoms with Crippen molar-refractivity contribution in [3.8, 4) is 6.07 Å². The number of nitrogens with one attached hydrogen (secondary N) is 1. The molecule has 3 rings (SSSR count). The van der Waals surface area contributed by atoms with Crippen LogP contribution in [0.25, 0.3) is 10.8 Å². The van der Waals surface area contributed by atoms with Gasteiger partial charge in [0.1, 0.15) is 6.04 Å². The van der Waals surface area contributed by atoms with Crippen molar-refractivity contribution < 1.29 is 17.9 Å². The standard InChI is InChI=1S/C21H18N2O4S/c1-27-21(24)19(13-15-6-4-7-16(12-15)14-22)23-28(25,26)20-11-5-9-17-8-2-3-10-18(17)20/h2-12,19,23H,13H2,1H3. The van der Waals surface area contributed by atoms with Crippen molar-refractivity contribution in [1.29, 1.82) is 5.26 Å². The lowest BCUT2D eigenvalue weighted by molar-refractivity contribution is -0.142. The Morgan fingerprint density at radius 2 is 1.82 bits per heavy atom. The smallest absolute Gasteiger partial charge is 0.324 e. The summed E-state index contributed by atoms with van der Waals surface area (Å²) in [5.74, 6) is -0.703. The lowest BCUT2D eigenvalue weighted by Crippen LogP contribution is -2.43. The van der Waals surface area contributed by atoms with Gasteiger partial charge in [-0.1, -0.05) is 48.5 Å². The van der Waals surface area contributed by atoms with Crippen LogP contribution in [0, 0.1) is 11.3 Å². The van der Waals surface area contributed by atoms with Crippen molar-refractivity contribution in [2.45, 2.75) is 17.4 Å². The highest BCUT2D eigenvalue weighted by Crippen LogP contribution is 2.23. The highest BCUT2D eigenvalue weighted by atomic mass is 32.2. The Balaban J connectivity index is 1.95. The molecular weight excluding hydrogens is 376 g/mol. The van der Waals surface area contributed by atoms with Crippen molar-refractivity contribution in [2.24, 2.45) is 0 Å². The van der Waals surface area contributed by atoms with Crippen LogP contribution >= 0.6 is 0 Å². The molecule has 0 aliphatic rings. The Kier molecular flexibility index (Phi) is 5.73. The van der Waals surface area contributed by atoms with Crippen LogP contribution in [0.4, 0.5) is 0 Å². The maximum atomic E-state index is 13.0. The maximum absolute atomic E-state index is 13.0. The molecule has 7 heteroatoms. The summed E-state index contributed by atoms with van der Waals surface area (Å²) >= 11 is 0. The van der Waals surface area contributed by atoms with Gasteiger partial charge in [0.25, 0.3) is 0 Å². The number of nitriles is 1. The number of hydrogen-bond acceptors (Lipinski definition) is 5. The highest BCUT2D eigenvalue weighted by molar-refractivity contribution is 7.89. The lowest BCUT2D eigenvalue weighted by atomic mass is 10.0. The van der Waals surface area contributed by atoms with Crippen LogP contribution in [-0.4, -0.2) is 27.5 Å². The molecule has 3 aromatic carbocycles. The molecule has 142 valence electrons. The molecule has 0 spiro atoms. The van der Waals surface area contributed by atoms with E-state index in [-0.39, 0.29) is 11.3 Å². The molecule has 1 unspecified atom stereocenters. The molecule has 0 saturated carbocycles. The number of ether oxygens (including phenoxy) is 1. The van der Waals surface area contributed by atoms with Crippen LogP contribution in [0.1, 0.15) is 11.1 Å². The number of methoxy groups -OCH3 is 1. The monoisotopic (exact) mass is 394 g/mol. The second-order valence-corrected chi connectivity index (χ2v) is 7.87. The summed E-state index contributed by atoms with van der Waals surface area (Å²) in [5.41, 5.74) is 1.08. The number of carbonyl (C=O) groups is 1. The van der Waals surface area contributed by atoms with E-state index < -0.39 is 22.0 Å². The zero-order chi connectivity index (χ0) is 20.1. The SMILES string of the molecule is COC(=O)C(Cc1cccc(C#N)c1)NS(=O)(=O)c1cccc2ccccc12. The molecule has 0 bridgehead atoms. The average Bonchev–Trinajstić information content (AvgIpc) is 2.72. The van der Waals surface area contributed by atoms with Gasteiger partial charge in [-0.3, -0.25) is 4.79 Å². The van der Waals surface area contributed by atoms with E-state index in [0.29, 0.717) is 16.5 Å². The third kappa shape index (κ3) is 4.19. The fourth-order valence-electron chi connectivity index (χ4n) is 3.00. The topological polar surface area (TPSA) is 96.3 Å². The van der Waals surface area contributed by atoms with Gasteiger partial charge in [-0.05, 0) is 35.6 Å². The van der Waals surface area contributed by atoms with Crippen molar-refractivity contribution in [2.75, 3.05) is 7.11 Å². The van der Waals surface area contributed by atoms with Crippen molar-refractivity contribution in [3.05, 3.63) is 77.9 Å². The number of esters is 1. The molecule has 0 amide bonds. The maximum Gasteiger partial charge on any atom is 0.324 e. The van der Waals surface area contributed by atoms with Crippen molar-refractivity contribution >= 4 is 26.8 Å². The minimum absolute atomic E-state index is 0.0617. The van der Waals surface area contributed by atoms with Gasteiger partial charge in [0, 0.05) is 5.39 Å². The number of hydrogen-bond donors (Lipinski definition) is 1. The van der Waals surface area contributed by atoms with Crippen LogP contribution in [0.3, 0.4) is 0 Å². The van der Waals surface area contributed by atoms with E-state index >= 15 is 0 Å². The molecule has 6 nitrogen and oxygen atoms in total. The Morgan fingerprint density at radius 1 is 1.11 bits per heavy atom. The van der Waals surface area contributed by atoms with Crippen LogP contribution in [0.5, 0.6) is 0 Å². The zero-order valence-corrected chi connectivity index (χ0v) is 15.9. The van der Waals surface area contributed by atoms with E-state index in [4.69, 9.17) is 10.00 Å². The van der Waals surface area contributed by atoms with Crippen LogP contribution in [-0.2, 0) is 26.0 Å². The molecule has 28 heavy (non-hydrogen) atoms. The summed E-state index contributed by atoms with van der Waals surface area (Å²) in [7, 11) is -2.79. The average molecular weight is 394 g/mol. The van der Waals surface area contributed by atoms with Gasteiger partial charge < -0.3 is 4.74 Å². The summed E-state index contributed by atoms with van der Waals surface area (Å²) in [6.45, 7) is 0. The van der Waals surface area contributed by atoms with E-state index in [0.717, 1.165) is 5.39 Å². The predicted octanol–water partition coefficient (Wildman–Crippen LogP) is 2.77. The minimum atomic E-state index is -3.99. The molecular formula is C21H18N2O4S. The van der Waals surface area contributed by atoms with Gasteiger partial charge in [-0.25, -0.2) is 8.42 Å². The summed E-state index contributed by atoms with van der Waals surface area (Å²) in [4.78, 5) is 12.3. The van der Waals surface area contributed by atoms with Crippen molar-refractivity contribution in [1.82, 2.24) is 4.72 Å². The molecule has 0 fully saturated rings. The van der Waals surface area contributed by atoms with Gasteiger partial charge in [-0.15, -0.1) is 0 Å². The number of sulfonamides is 1. The van der Waals surface area contributed by atoms with Crippen LogP contribution < -0.4 is 4.72 Å². The fourth-order valence-corrected chi connectivity index (χ4v) is 4.41. The van der Waals surface area contributed by atoms with Crippen LogP contribution in [0.15, 0.2) is 71.6 Å². The predicted molar refractivity (Wildman–Crippen MR) is 105 cm³/mol. The van der Waals surface area contributed by atoms with E-state index in [1.807, 2.05) is 24.3 Å². The fraction of sp³-hybridized carbons (Fsp3) is 0.143. The summed E-state index contributed by atoms with van der Waals surface area (Å²) < 4.78 is 33.3. The Labute approximate surface area is 163 Å². The van der Waals surface area contributed by atoms with Gasteiger partial charge in [0.2, 0.25) is 10.0 Å². The van der Waals surface area contributed by atoms with Gasteiger partial charge in [-0.2, -0.15) is 9.98 Å². The number of rotatable bonds is 6. The molecule has 1 atom stereocenters. The van der Waals surface area contributed by atoms with Gasteiger partial charge >= 0.3 is 5.97 Å². The molecule has 0 saturated heterocycles. The van der Waals surface area contributed by atoms with Gasteiger partial charge in [0.15, 0.2) is 0 Å². The summed E-state index contributed by atoms with van der Waals surface area (Å²) in [5, 5.41) is 10.4. The number of nitrogens with zero attached hydrogens (tertiary/aromatic N) is 1. The number of fused-ring (bicyclic) bond motifs is 1. The molecule has 3 aromatic rings. The second-order valence-electron chi connectivity index (χ2n) is 6.19. The zero-order valence-electron chi connectivity index (χ0n) is 15.1. The van der Waals surface area contributed by atoms with Crippen LogP contribution in [0.2, 0.25) is 0 Å². The molecule has 0 heterocycles. The first kappa shape index (κ1) is 19.5. The summed E-state index contributed by atoms with van der Waals surface area (Å²) in [6, 6.07) is 19.6. The minimum Gasteiger partial charge on any atom is -0.468 e. The van der Waals surface area contributed by atoms with E-state index in [2.05, 4.69) is 4.72 Å². The normalized spacial score (nSPS) is 12.3. The highest BCUT2D eigenvalue weighted by Gasteiger charge is 2.27. The van der Waals surface area contributed by atoms with E-state index in [9.17, 15) is 13.2 Å². The molecule has 0 aromatic heterocycles. The second kappa shape index (κ2) is 8.21. The Hall–Kier alpha value is -3.21. The van der Waals surface area contributed by atoms with E-state index in [1.165, 1.54) is 13.2 Å². The quantitative estimate of drug-likeness (QED) is 0.649. The van der Waals surface area contributed by atoms with Gasteiger partial charge in [0.05, 0.1) is 23.6 Å². The first-order valence-electron chi connectivity index (χ1n) is 8.51. The summed E-state index contributed by atoms with van der Waals surface area (Å²) in [6.07, 6.45) is 0.0617. The molecule has 0 aliphatic carbocycles. The number of benzene rings is 3. The first-order valence-corrected chi connectivity index (χ1v) is 10.00. The van der Waals surface area contributed by atoms with E-state index in [1.54, 1.807) is 42.5 Å².